The average molecular weight is 275 g/mol. The van der Waals surface area contributed by atoms with E-state index in [0.717, 1.165) is 0 Å². The summed E-state index contributed by atoms with van der Waals surface area (Å²) in [5.74, 6) is 0. The van der Waals surface area contributed by atoms with Crippen LogP contribution in [-0.2, 0) is 5.41 Å². The van der Waals surface area contributed by atoms with Crippen molar-refractivity contribution >= 4 is 10.9 Å². The van der Waals surface area contributed by atoms with Gasteiger partial charge in [0.2, 0.25) is 0 Å². The Bertz CT molecular complexity index is 788. The number of aryl methyl sites for hydroxylation is 2. The van der Waals surface area contributed by atoms with Crippen LogP contribution in [0.1, 0.15) is 41.5 Å². The van der Waals surface area contributed by atoms with Crippen molar-refractivity contribution in [2.24, 2.45) is 0 Å². The molecule has 0 spiro atoms. The van der Waals surface area contributed by atoms with Gasteiger partial charge >= 0.3 is 0 Å². The standard InChI is InChI=1S/C20H21N/c1-14-7-9-16(10-8-14)20(11-4-12-20)18-13-21-19-15(2)5-3-6-17(18)19/h3,5-10,13,21H,4,11-12H2,1-2H3. The molecule has 1 saturated carbocycles. The molecule has 106 valence electrons. The van der Waals surface area contributed by atoms with Gasteiger partial charge in [-0.15, -0.1) is 0 Å². The second-order valence-electron chi connectivity index (χ2n) is 6.50. The Morgan fingerprint density at radius 2 is 1.71 bits per heavy atom. The van der Waals surface area contributed by atoms with Gasteiger partial charge in [0.15, 0.2) is 0 Å². The number of para-hydroxylation sites is 1. The first-order chi connectivity index (χ1) is 10.2. The SMILES string of the molecule is Cc1ccc(C2(c3c[nH]c4c(C)cccc34)CCC2)cc1. The Hall–Kier alpha value is -2.02. The van der Waals surface area contributed by atoms with Crippen LogP contribution in [0.3, 0.4) is 0 Å². The highest BCUT2D eigenvalue weighted by Crippen LogP contribution is 2.51. The molecule has 1 aromatic heterocycles. The van der Waals surface area contributed by atoms with E-state index in [4.69, 9.17) is 0 Å². The lowest BCUT2D eigenvalue weighted by atomic mass is 9.60. The second kappa shape index (κ2) is 4.49. The van der Waals surface area contributed by atoms with Gasteiger partial charge in [0, 0.05) is 22.5 Å². The fourth-order valence-corrected chi connectivity index (χ4v) is 3.82. The van der Waals surface area contributed by atoms with Gasteiger partial charge in [0.1, 0.15) is 0 Å². The number of aromatic nitrogens is 1. The maximum Gasteiger partial charge on any atom is 0.0486 e. The van der Waals surface area contributed by atoms with Gasteiger partial charge in [-0.1, -0.05) is 54.4 Å². The lowest BCUT2D eigenvalue weighted by molar-refractivity contribution is 0.304. The second-order valence-corrected chi connectivity index (χ2v) is 6.50. The topological polar surface area (TPSA) is 15.8 Å². The van der Waals surface area contributed by atoms with Crippen LogP contribution in [-0.4, -0.2) is 4.98 Å². The normalized spacial score (nSPS) is 16.9. The van der Waals surface area contributed by atoms with E-state index < -0.39 is 0 Å². The van der Waals surface area contributed by atoms with E-state index >= 15 is 0 Å². The minimum absolute atomic E-state index is 0.222. The Morgan fingerprint density at radius 3 is 2.38 bits per heavy atom. The number of nitrogens with one attached hydrogen (secondary N) is 1. The number of rotatable bonds is 2. The Morgan fingerprint density at radius 1 is 0.952 bits per heavy atom. The highest BCUT2D eigenvalue weighted by Gasteiger charge is 2.41. The summed E-state index contributed by atoms with van der Waals surface area (Å²) in [4.78, 5) is 3.51. The molecule has 3 aromatic rings. The molecule has 0 saturated heterocycles. The third-order valence-corrected chi connectivity index (χ3v) is 5.25. The summed E-state index contributed by atoms with van der Waals surface area (Å²) < 4.78 is 0. The van der Waals surface area contributed by atoms with Crippen LogP contribution in [0.4, 0.5) is 0 Å². The number of hydrogen-bond acceptors (Lipinski definition) is 0. The molecule has 0 amide bonds. The van der Waals surface area contributed by atoms with Crippen LogP contribution in [0.5, 0.6) is 0 Å². The quantitative estimate of drug-likeness (QED) is 0.657. The minimum Gasteiger partial charge on any atom is -0.361 e. The van der Waals surface area contributed by atoms with Crippen LogP contribution in [0, 0.1) is 13.8 Å². The summed E-state index contributed by atoms with van der Waals surface area (Å²) in [7, 11) is 0. The number of aromatic amines is 1. The smallest absolute Gasteiger partial charge is 0.0486 e. The van der Waals surface area contributed by atoms with Crippen LogP contribution >= 0.6 is 0 Å². The molecule has 0 radical (unpaired) electrons. The maximum absolute atomic E-state index is 3.51. The molecule has 1 aliphatic rings. The molecule has 1 heterocycles. The largest absolute Gasteiger partial charge is 0.361 e. The van der Waals surface area contributed by atoms with Crippen LogP contribution in [0.2, 0.25) is 0 Å². The van der Waals surface area contributed by atoms with E-state index in [-0.39, 0.29) is 5.41 Å². The Balaban J connectivity index is 1.92. The van der Waals surface area contributed by atoms with Crippen molar-refractivity contribution in [2.75, 3.05) is 0 Å². The summed E-state index contributed by atoms with van der Waals surface area (Å²) >= 11 is 0. The van der Waals surface area contributed by atoms with E-state index in [9.17, 15) is 0 Å². The van der Waals surface area contributed by atoms with E-state index in [0.29, 0.717) is 0 Å². The fourth-order valence-electron chi connectivity index (χ4n) is 3.82. The molecule has 0 atom stereocenters. The molecular formula is C20H21N. The van der Waals surface area contributed by atoms with Gasteiger partial charge in [-0.2, -0.15) is 0 Å². The van der Waals surface area contributed by atoms with Crippen molar-refractivity contribution in [1.82, 2.24) is 4.98 Å². The zero-order valence-electron chi connectivity index (χ0n) is 12.7. The molecule has 0 aliphatic heterocycles. The lowest BCUT2D eigenvalue weighted by Crippen LogP contribution is -2.35. The van der Waals surface area contributed by atoms with Crippen LogP contribution in [0.25, 0.3) is 10.9 Å². The van der Waals surface area contributed by atoms with Gasteiger partial charge in [0.25, 0.3) is 0 Å². The summed E-state index contributed by atoms with van der Waals surface area (Å²) in [5, 5.41) is 1.40. The molecule has 4 rings (SSSR count). The van der Waals surface area contributed by atoms with Gasteiger partial charge < -0.3 is 4.98 Å². The van der Waals surface area contributed by atoms with E-state index in [1.54, 1.807) is 0 Å². The van der Waals surface area contributed by atoms with Crippen molar-refractivity contribution in [3.05, 3.63) is 70.9 Å². The van der Waals surface area contributed by atoms with Gasteiger partial charge in [-0.3, -0.25) is 0 Å². The van der Waals surface area contributed by atoms with E-state index in [1.807, 2.05) is 0 Å². The number of benzene rings is 2. The molecule has 1 heteroatoms. The zero-order valence-corrected chi connectivity index (χ0v) is 12.7. The molecule has 1 aliphatic carbocycles. The summed E-state index contributed by atoms with van der Waals surface area (Å²) in [6.07, 6.45) is 6.09. The minimum atomic E-state index is 0.222. The van der Waals surface area contributed by atoms with Crippen molar-refractivity contribution in [1.29, 1.82) is 0 Å². The predicted octanol–water partition coefficient (Wildman–Crippen LogP) is 5.25. The first-order valence-corrected chi connectivity index (χ1v) is 7.85. The van der Waals surface area contributed by atoms with E-state index in [1.165, 1.54) is 52.4 Å². The predicted molar refractivity (Wildman–Crippen MR) is 88.8 cm³/mol. The zero-order chi connectivity index (χ0) is 14.4. The van der Waals surface area contributed by atoms with Crippen LogP contribution in [0.15, 0.2) is 48.7 Å². The van der Waals surface area contributed by atoms with Gasteiger partial charge in [-0.25, -0.2) is 0 Å². The number of H-pyrrole nitrogens is 1. The van der Waals surface area contributed by atoms with Crippen molar-refractivity contribution in [3.63, 3.8) is 0 Å². The molecule has 0 unspecified atom stereocenters. The summed E-state index contributed by atoms with van der Waals surface area (Å²) in [6.45, 7) is 4.34. The lowest BCUT2D eigenvalue weighted by Gasteiger charge is -2.42. The van der Waals surface area contributed by atoms with Gasteiger partial charge in [-0.05, 0) is 43.4 Å². The van der Waals surface area contributed by atoms with Crippen LogP contribution < -0.4 is 0 Å². The highest BCUT2D eigenvalue weighted by atomic mass is 14.7. The third kappa shape index (κ3) is 1.77. The molecule has 1 nitrogen and oxygen atoms in total. The maximum atomic E-state index is 3.51. The fraction of sp³-hybridized carbons (Fsp3) is 0.300. The Kier molecular flexibility index (Phi) is 2.72. The summed E-state index contributed by atoms with van der Waals surface area (Å²) in [5.41, 5.74) is 7.14. The van der Waals surface area contributed by atoms with Gasteiger partial charge in [0.05, 0.1) is 0 Å². The van der Waals surface area contributed by atoms with Crippen molar-refractivity contribution < 1.29 is 0 Å². The number of hydrogen-bond donors (Lipinski definition) is 1. The van der Waals surface area contributed by atoms with Crippen molar-refractivity contribution in [3.8, 4) is 0 Å². The number of fused-ring (bicyclic) bond motifs is 1. The first kappa shape index (κ1) is 12.7. The first-order valence-electron chi connectivity index (χ1n) is 7.85. The molecule has 21 heavy (non-hydrogen) atoms. The molecule has 2 aromatic carbocycles. The molecule has 0 bridgehead atoms. The monoisotopic (exact) mass is 275 g/mol. The Labute approximate surface area is 126 Å². The molecule has 1 fully saturated rings. The van der Waals surface area contributed by atoms with E-state index in [2.05, 4.69) is 67.5 Å². The molecule has 1 N–H and O–H groups in total. The molecular weight excluding hydrogens is 254 g/mol. The summed E-state index contributed by atoms with van der Waals surface area (Å²) in [6, 6.07) is 15.8. The van der Waals surface area contributed by atoms with Crippen molar-refractivity contribution in [2.45, 2.75) is 38.5 Å². The third-order valence-electron chi connectivity index (χ3n) is 5.25. The average Bonchev–Trinajstić information content (AvgIpc) is 2.86. The highest BCUT2D eigenvalue weighted by molar-refractivity contribution is 5.87.